The number of hydrogen-bond donors (Lipinski definition) is 0. The van der Waals surface area contributed by atoms with Crippen molar-refractivity contribution in [2.24, 2.45) is 0 Å². The summed E-state index contributed by atoms with van der Waals surface area (Å²) in [7, 11) is 0. The topological polar surface area (TPSA) is 29.1 Å². The Morgan fingerprint density at radius 3 is 2.46 bits per heavy atom. The minimum Gasteiger partial charge on any atom is -0.494 e. The molecule has 0 aliphatic carbocycles. The van der Waals surface area contributed by atoms with Crippen molar-refractivity contribution >= 4 is 0 Å². The van der Waals surface area contributed by atoms with E-state index >= 15 is 0 Å². The van der Waals surface area contributed by atoms with Crippen LogP contribution in [-0.4, -0.2) is 6.61 Å². The van der Waals surface area contributed by atoms with Crippen LogP contribution in [0.25, 0.3) is 0 Å². The average Bonchev–Trinajstić information content (AvgIpc) is 2.15. The van der Waals surface area contributed by atoms with E-state index in [1.807, 2.05) is 0 Å². The van der Waals surface area contributed by atoms with Crippen LogP contribution in [0.4, 0.5) is 0 Å². The summed E-state index contributed by atoms with van der Waals surface area (Å²) in [6, 6.07) is 6.48. The molecule has 0 saturated carbocycles. The number of hydrogen-bond acceptors (Lipinski definition) is 1. The third-order valence-corrected chi connectivity index (χ3v) is 1.84. The molecule has 71 valence electrons. The van der Waals surface area contributed by atoms with E-state index in [4.69, 9.17) is 4.74 Å². The lowest BCUT2D eigenvalue weighted by atomic mass is 10.3. The second-order valence-electron chi connectivity index (χ2n) is 3.03. The molecule has 0 unspecified atom stereocenters. The van der Waals surface area contributed by atoms with Crippen molar-refractivity contribution in [2.75, 3.05) is 6.61 Å². The highest BCUT2D eigenvalue weighted by atomic mass is 16.5. The van der Waals surface area contributed by atoms with Gasteiger partial charge in [-0.3, -0.25) is 5.11 Å². The standard InChI is InChI=1S/C11H15O2/c1-2-3-4-9-13-11-7-5-10(12)6-8-11/h5-8H,2-4,9H2,1H3. The number of rotatable bonds is 5. The average molecular weight is 179 g/mol. The van der Waals surface area contributed by atoms with Gasteiger partial charge in [0.2, 0.25) is 0 Å². The van der Waals surface area contributed by atoms with Crippen molar-refractivity contribution in [1.82, 2.24) is 0 Å². The van der Waals surface area contributed by atoms with Crippen molar-refractivity contribution in [2.45, 2.75) is 26.2 Å². The van der Waals surface area contributed by atoms with Gasteiger partial charge in [0.05, 0.1) is 6.61 Å². The Hall–Kier alpha value is -1.18. The Kier molecular flexibility index (Phi) is 4.16. The lowest BCUT2D eigenvalue weighted by Gasteiger charge is -2.04. The first kappa shape index (κ1) is 9.90. The zero-order chi connectivity index (χ0) is 9.52. The Morgan fingerprint density at radius 2 is 1.85 bits per heavy atom. The quantitative estimate of drug-likeness (QED) is 0.637. The second kappa shape index (κ2) is 5.46. The molecule has 0 heterocycles. The highest BCUT2D eigenvalue weighted by Crippen LogP contribution is 2.16. The molecule has 0 aromatic heterocycles. The number of ether oxygens (including phenoxy) is 1. The lowest BCUT2D eigenvalue weighted by molar-refractivity contribution is 0.304. The van der Waals surface area contributed by atoms with E-state index in [1.54, 1.807) is 12.1 Å². The molecule has 0 amide bonds. The molecule has 1 aromatic rings. The van der Waals surface area contributed by atoms with E-state index in [0.717, 1.165) is 18.8 Å². The molecule has 1 radical (unpaired) electrons. The van der Waals surface area contributed by atoms with E-state index in [-0.39, 0.29) is 5.75 Å². The molecule has 0 bridgehead atoms. The van der Waals surface area contributed by atoms with Crippen molar-refractivity contribution < 1.29 is 9.84 Å². The van der Waals surface area contributed by atoms with Gasteiger partial charge in [-0.1, -0.05) is 19.8 Å². The van der Waals surface area contributed by atoms with E-state index < -0.39 is 0 Å². The first-order chi connectivity index (χ1) is 6.33. The van der Waals surface area contributed by atoms with Crippen LogP contribution >= 0.6 is 0 Å². The van der Waals surface area contributed by atoms with E-state index in [0.29, 0.717) is 0 Å². The fraction of sp³-hybridized carbons (Fsp3) is 0.455. The van der Waals surface area contributed by atoms with Crippen LogP contribution in [0.5, 0.6) is 11.5 Å². The molecule has 2 nitrogen and oxygen atoms in total. The zero-order valence-corrected chi connectivity index (χ0v) is 7.95. The molecular weight excluding hydrogens is 164 g/mol. The fourth-order valence-corrected chi connectivity index (χ4v) is 1.08. The van der Waals surface area contributed by atoms with Crippen LogP contribution < -0.4 is 4.74 Å². The van der Waals surface area contributed by atoms with E-state index in [2.05, 4.69) is 6.92 Å². The maximum Gasteiger partial charge on any atom is 0.178 e. The molecular formula is C11H15O2. The molecule has 0 N–H and O–H groups in total. The molecule has 0 aliphatic heterocycles. The third-order valence-electron chi connectivity index (χ3n) is 1.84. The summed E-state index contributed by atoms with van der Waals surface area (Å²) >= 11 is 0. The molecule has 1 aromatic carbocycles. The first-order valence-corrected chi connectivity index (χ1v) is 4.73. The van der Waals surface area contributed by atoms with Gasteiger partial charge in [-0.2, -0.15) is 0 Å². The predicted octanol–water partition coefficient (Wildman–Crippen LogP) is 3.40. The molecule has 0 fully saturated rings. The Bertz CT molecular complexity index is 228. The van der Waals surface area contributed by atoms with Gasteiger partial charge >= 0.3 is 0 Å². The fourth-order valence-electron chi connectivity index (χ4n) is 1.08. The van der Waals surface area contributed by atoms with Crippen LogP contribution in [-0.2, 0) is 5.11 Å². The summed E-state index contributed by atoms with van der Waals surface area (Å²) < 4.78 is 5.42. The molecule has 13 heavy (non-hydrogen) atoms. The SMILES string of the molecule is CCCCCOc1ccc([O])cc1. The molecule has 0 aliphatic rings. The normalized spacial score (nSPS) is 9.92. The third kappa shape index (κ3) is 3.83. The van der Waals surface area contributed by atoms with Crippen LogP contribution in [0.15, 0.2) is 24.3 Å². The summed E-state index contributed by atoms with van der Waals surface area (Å²) in [5.74, 6) is 0.816. The minimum atomic E-state index is 0.0286. The van der Waals surface area contributed by atoms with Gasteiger partial charge in [-0.15, -0.1) is 0 Å². The summed E-state index contributed by atoms with van der Waals surface area (Å²) in [6.07, 6.45) is 3.47. The van der Waals surface area contributed by atoms with Gasteiger partial charge in [0, 0.05) is 0 Å². The van der Waals surface area contributed by atoms with E-state index in [9.17, 15) is 5.11 Å². The molecule has 0 saturated heterocycles. The number of unbranched alkanes of at least 4 members (excludes halogenated alkanes) is 2. The van der Waals surface area contributed by atoms with Gasteiger partial charge in [0.15, 0.2) is 5.75 Å². The molecule has 0 atom stereocenters. The van der Waals surface area contributed by atoms with Crippen molar-refractivity contribution in [1.29, 1.82) is 0 Å². The Morgan fingerprint density at radius 1 is 1.15 bits per heavy atom. The Labute approximate surface area is 79.2 Å². The summed E-state index contributed by atoms with van der Waals surface area (Å²) in [5.41, 5.74) is 0. The van der Waals surface area contributed by atoms with Crippen LogP contribution in [0.2, 0.25) is 0 Å². The maximum atomic E-state index is 10.7. The minimum absolute atomic E-state index is 0.0286. The van der Waals surface area contributed by atoms with Gasteiger partial charge in [-0.25, -0.2) is 0 Å². The van der Waals surface area contributed by atoms with Gasteiger partial charge in [-0.05, 0) is 30.7 Å². The van der Waals surface area contributed by atoms with Crippen molar-refractivity contribution in [3.63, 3.8) is 0 Å². The second-order valence-corrected chi connectivity index (χ2v) is 3.03. The van der Waals surface area contributed by atoms with Crippen LogP contribution in [0.1, 0.15) is 26.2 Å². The lowest BCUT2D eigenvalue weighted by Crippen LogP contribution is -1.96. The zero-order valence-electron chi connectivity index (χ0n) is 7.95. The molecule has 0 spiro atoms. The summed E-state index contributed by atoms with van der Waals surface area (Å²) in [4.78, 5) is 0. The molecule has 2 heteroatoms. The van der Waals surface area contributed by atoms with Crippen LogP contribution in [0, 0.1) is 0 Å². The van der Waals surface area contributed by atoms with Crippen LogP contribution in [0.3, 0.4) is 0 Å². The summed E-state index contributed by atoms with van der Waals surface area (Å²) in [6.45, 7) is 2.90. The smallest absolute Gasteiger partial charge is 0.178 e. The maximum absolute atomic E-state index is 10.7. The monoisotopic (exact) mass is 179 g/mol. The highest BCUT2D eigenvalue weighted by molar-refractivity contribution is 5.29. The van der Waals surface area contributed by atoms with Gasteiger partial charge < -0.3 is 4.74 Å². The Balaban J connectivity index is 2.25. The predicted molar refractivity (Wildman–Crippen MR) is 51.6 cm³/mol. The summed E-state index contributed by atoms with van der Waals surface area (Å²) in [5, 5.41) is 10.7. The van der Waals surface area contributed by atoms with Gasteiger partial charge in [0.1, 0.15) is 5.75 Å². The van der Waals surface area contributed by atoms with Gasteiger partial charge in [0.25, 0.3) is 0 Å². The highest BCUT2D eigenvalue weighted by Gasteiger charge is 1.94. The van der Waals surface area contributed by atoms with Crippen molar-refractivity contribution in [3.8, 4) is 11.5 Å². The van der Waals surface area contributed by atoms with Crippen molar-refractivity contribution in [3.05, 3.63) is 24.3 Å². The van der Waals surface area contributed by atoms with E-state index in [1.165, 1.54) is 25.0 Å². The largest absolute Gasteiger partial charge is 0.494 e. The molecule has 1 rings (SSSR count). The number of benzene rings is 1. The first-order valence-electron chi connectivity index (χ1n) is 4.73.